The number of carbonyl (C=O) groups excluding carboxylic acids is 2. The summed E-state index contributed by atoms with van der Waals surface area (Å²) >= 11 is 0. The lowest BCUT2D eigenvalue weighted by Crippen LogP contribution is -2.69. The lowest BCUT2D eigenvalue weighted by molar-refractivity contribution is -0.165. The Morgan fingerprint density at radius 3 is 2.38 bits per heavy atom. The fourth-order valence-corrected chi connectivity index (χ4v) is 3.36. The number of ether oxygens (including phenoxy) is 1. The second kappa shape index (κ2) is 5.67. The van der Waals surface area contributed by atoms with Crippen molar-refractivity contribution in [3.63, 3.8) is 0 Å². The van der Waals surface area contributed by atoms with E-state index in [1.54, 1.807) is 23.3 Å². The van der Waals surface area contributed by atoms with Crippen LogP contribution in [-0.4, -0.2) is 58.9 Å². The second-order valence-electron chi connectivity index (χ2n) is 6.04. The Balaban J connectivity index is 1.54. The summed E-state index contributed by atoms with van der Waals surface area (Å²) in [5.74, 6) is 0.656. The fourth-order valence-electron chi connectivity index (χ4n) is 3.36. The number of rotatable bonds is 3. The quantitative estimate of drug-likeness (QED) is 0.626. The average molecular weight is 326 g/mol. The third-order valence-corrected chi connectivity index (χ3v) is 4.59. The molecule has 1 aromatic rings. The maximum absolute atomic E-state index is 12.7. The largest absolute Gasteiger partial charge is 0.497 e. The molecule has 7 heteroatoms. The summed E-state index contributed by atoms with van der Waals surface area (Å²) in [6.45, 7) is -0.0287. The number of hydrogen-bond donors (Lipinski definition) is 0. The van der Waals surface area contributed by atoms with E-state index in [0.717, 1.165) is 24.2 Å². The van der Waals surface area contributed by atoms with Crippen molar-refractivity contribution in [2.75, 3.05) is 13.7 Å². The van der Waals surface area contributed by atoms with Crippen molar-refractivity contribution in [2.24, 2.45) is 5.10 Å². The van der Waals surface area contributed by atoms with Crippen LogP contribution in [-0.2, 0) is 4.79 Å². The standard InChI is InChI=1S/C17H18N4O3/c1-24-15-8-2-12(3-9-15)10-18-19-11-16(22)20-13-4-6-14(7-5-13)21(20)17(19)23/h2-4,6,8-10,13-14H,5,7,11H2,1H3/b18-10+. The van der Waals surface area contributed by atoms with Gasteiger partial charge in [0.25, 0.3) is 5.91 Å². The molecule has 3 aliphatic heterocycles. The summed E-state index contributed by atoms with van der Waals surface area (Å²) < 4.78 is 5.11. The zero-order valence-corrected chi connectivity index (χ0v) is 13.3. The highest BCUT2D eigenvalue weighted by Crippen LogP contribution is 2.33. The van der Waals surface area contributed by atoms with Gasteiger partial charge in [-0.05, 0) is 42.7 Å². The molecule has 24 heavy (non-hydrogen) atoms. The Hall–Kier alpha value is -2.83. The molecule has 124 valence electrons. The summed E-state index contributed by atoms with van der Waals surface area (Å²) in [6, 6.07) is 7.02. The number of amides is 3. The molecule has 0 aromatic heterocycles. The first-order valence-corrected chi connectivity index (χ1v) is 7.96. The van der Waals surface area contributed by atoms with Crippen LogP contribution >= 0.6 is 0 Å². The first-order valence-electron chi connectivity index (χ1n) is 7.96. The molecule has 4 aliphatic rings. The summed E-state index contributed by atoms with van der Waals surface area (Å²) in [5.41, 5.74) is 0.832. The molecule has 3 heterocycles. The molecular formula is C17H18N4O3. The summed E-state index contributed by atoms with van der Waals surface area (Å²) in [5, 5.41) is 8.59. The number of hydrazone groups is 1. The molecule has 7 nitrogen and oxygen atoms in total. The smallest absolute Gasteiger partial charge is 0.360 e. The second-order valence-corrected chi connectivity index (χ2v) is 6.04. The molecule has 0 saturated carbocycles. The van der Waals surface area contributed by atoms with Gasteiger partial charge in [-0.3, -0.25) is 4.79 Å². The van der Waals surface area contributed by atoms with Crippen molar-refractivity contribution < 1.29 is 14.3 Å². The van der Waals surface area contributed by atoms with Gasteiger partial charge in [-0.1, -0.05) is 12.2 Å². The fraction of sp³-hybridized carbons (Fsp3) is 0.353. The highest BCUT2D eigenvalue weighted by molar-refractivity contribution is 5.91. The van der Waals surface area contributed by atoms with Gasteiger partial charge < -0.3 is 4.74 Å². The number of fused-ring (bicyclic) bond motifs is 1. The first-order chi connectivity index (χ1) is 11.7. The van der Waals surface area contributed by atoms with Gasteiger partial charge in [0.2, 0.25) is 0 Å². The first kappa shape index (κ1) is 14.7. The lowest BCUT2D eigenvalue weighted by atomic mass is 9.93. The van der Waals surface area contributed by atoms with Crippen molar-refractivity contribution in [3.8, 4) is 5.75 Å². The Morgan fingerprint density at radius 1 is 1.08 bits per heavy atom. The molecular weight excluding hydrogens is 308 g/mol. The van der Waals surface area contributed by atoms with Crippen LogP contribution in [0.2, 0.25) is 0 Å². The van der Waals surface area contributed by atoms with Crippen LogP contribution in [0.4, 0.5) is 4.79 Å². The average Bonchev–Trinajstić information content (AvgIpc) is 2.64. The number of urea groups is 1. The van der Waals surface area contributed by atoms with E-state index in [2.05, 4.69) is 5.10 Å². The van der Waals surface area contributed by atoms with Gasteiger partial charge in [0, 0.05) is 0 Å². The topological polar surface area (TPSA) is 65.5 Å². The SMILES string of the molecule is COc1ccc(/C=N/N2CC(=O)N3C4C=CC(CC4)N3C2=O)cc1. The van der Waals surface area contributed by atoms with E-state index in [0.29, 0.717) is 0 Å². The predicted molar refractivity (Wildman–Crippen MR) is 87.3 cm³/mol. The maximum Gasteiger partial charge on any atom is 0.360 e. The van der Waals surface area contributed by atoms with Crippen LogP contribution in [0.1, 0.15) is 18.4 Å². The van der Waals surface area contributed by atoms with Gasteiger partial charge in [-0.2, -0.15) is 5.10 Å². The number of benzene rings is 1. The highest BCUT2D eigenvalue weighted by Gasteiger charge is 2.47. The van der Waals surface area contributed by atoms with Crippen LogP contribution < -0.4 is 4.74 Å². The van der Waals surface area contributed by atoms with Crippen LogP contribution in [0.25, 0.3) is 0 Å². The molecule has 2 saturated heterocycles. The molecule has 2 atom stereocenters. The third kappa shape index (κ3) is 2.33. The molecule has 1 aromatic carbocycles. The number of carbonyl (C=O) groups is 2. The summed E-state index contributed by atoms with van der Waals surface area (Å²) in [4.78, 5) is 25.1. The number of methoxy groups -OCH3 is 1. The zero-order chi connectivity index (χ0) is 16.7. The van der Waals surface area contributed by atoms with E-state index in [-0.39, 0.29) is 30.6 Å². The van der Waals surface area contributed by atoms with E-state index in [1.165, 1.54) is 5.01 Å². The van der Waals surface area contributed by atoms with Crippen LogP contribution in [0.3, 0.4) is 0 Å². The minimum Gasteiger partial charge on any atom is -0.497 e. The zero-order valence-electron chi connectivity index (χ0n) is 13.3. The maximum atomic E-state index is 12.7. The van der Waals surface area contributed by atoms with Gasteiger partial charge in [0.1, 0.15) is 12.3 Å². The molecule has 2 bridgehead atoms. The van der Waals surface area contributed by atoms with Crippen molar-refractivity contribution >= 4 is 18.2 Å². The Morgan fingerprint density at radius 2 is 1.75 bits per heavy atom. The van der Waals surface area contributed by atoms with E-state index in [9.17, 15) is 9.59 Å². The Labute approximate surface area is 139 Å². The van der Waals surface area contributed by atoms with Crippen LogP contribution in [0.15, 0.2) is 41.5 Å². The normalized spacial score (nSPS) is 25.6. The van der Waals surface area contributed by atoms with Crippen molar-refractivity contribution in [2.45, 2.75) is 24.9 Å². The molecule has 2 fully saturated rings. The van der Waals surface area contributed by atoms with Gasteiger partial charge in [-0.25, -0.2) is 19.8 Å². The van der Waals surface area contributed by atoms with Crippen molar-refractivity contribution in [3.05, 3.63) is 42.0 Å². The number of hydrogen-bond acceptors (Lipinski definition) is 4. The molecule has 0 spiro atoms. The Kier molecular flexibility index (Phi) is 3.48. The third-order valence-electron chi connectivity index (χ3n) is 4.59. The molecule has 3 amide bonds. The van der Waals surface area contributed by atoms with E-state index < -0.39 is 0 Å². The molecule has 2 unspecified atom stereocenters. The summed E-state index contributed by atoms with van der Waals surface area (Å²) in [6.07, 6.45) is 7.40. The van der Waals surface area contributed by atoms with Gasteiger partial charge >= 0.3 is 6.03 Å². The molecule has 5 rings (SSSR count). The minimum atomic E-state index is -0.251. The van der Waals surface area contributed by atoms with E-state index >= 15 is 0 Å². The van der Waals surface area contributed by atoms with Gasteiger partial charge in [0.05, 0.1) is 25.4 Å². The van der Waals surface area contributed by atoms with Crippen molar-refractivity contribution in [1.82, 2.24) is 15.0 Å². The van der Waals surface area contributed by atoms with Gasteiger partial charge in [-0.15, -0.1) is 0 Å². The predicted octanol–water partition coefficient (Wildman–Crippen LogP) is 1.61. The lowest BCUT2D eigenvalue weighted by Gasteiger charge is -2.52. The number of nitrogens with zero attached hydrogens (tertiary/aromatic N) is 4. The minimum absolute atomic E-state index is 0.000771. The van der Waals surface area contributed by atoms with Crippen LogP contribution in [0, 0.1) is 0 Å². The van der Waals surface area contributed by atoms with Crippen molar-refractivity contribution in [1.29, 1.82) is 0 Å². The van der Waals surface area contributed by atoms with Gasteiger partial charge in [0.15, 0.2) is 0 Å². The highest BCUT2D eigenvalue weighted by atomic mass is 16.5. The molecule has 0 radical (unpaired) electrons. The molecule has 0 N–H and O–H groups in total. The van der Waals surface area contributed by atoms with E-state index in [4.69, 9.17) is 4.74 Å². The van der Waals surface area contributed by atoms with Crippen LogP contribution in [0.5, 0.6) is 5.75 Å². The van der Waals surface area contributed by atoms with E-state index in [1.807, 2.05) is 36.4 Å². The monoisotopic (exact) mass is 326 g/mol. The molecule has 1 aliphatic carbocycles. The number of hydrazine groups is 1. The summed E-state index contributed by atoms with van der Waals surface area (Å²) in [7, 11) is 1.60. The Bertz CT molecular complexity index is 728.